The zero-order valence-electron chi connectivity index (χ0n) is 16.3. The Balaban J connectivity index is 2.04. The molecule has 6 nitrogen and oxygen atoms in total. The SMILES string of the molecule is CCC(=O)Cc1cc(C(C)NC(=O)c2ccc(OCC(F)(F)F)nc2)cc(C)n1. The molecule has 0 aliphatic heterocycles. The lowest BCUT2D eigenvalue weighted by molar-refractivity contribution is -0.154. The molecule has 0 spiro atoms. The van der Waals surface area contributed by atoms with Crippen LogP contribution in [0.1, 0.15) is 53.6 Å². The molecule has 0 fully saturated rings. The molecule has 0 saturated carbocycles. The Kier molecular flexibility index (Phi) is 7.30. The van der Waals surface area contributed by atoms with Gasteiger partial charge in [0.25, 0.3) is 5.91 Å². The van der Waals surface area contributed by atoms with Crippen molar-refractivity contribution in [3.05, 3.63) is 53.0 Å². The second-order valence-electron chi connectivity index (χ2n) is 6.59. The van der Waals surface area contributed by atoms with Crippen LogP contribution in [0, 0.1) is 6.92 Å². The third-order valence-corrected chi connectivity index (χ3v) is 4.03. The van der Waals surface area contributed by atoms with Crippen molar-refractivity contribution in [3.63, 3.8) is 0 Å². The highest BCUT2D eigenvalue weighted by Crippen LogP contribution is 2.18. The van der Waals surface area contributed by atoms with E-state index in [1.807, 2.05) is 13.0 Å². The maximum Gasteiger partial charge on any atom is 0.422 e. The highest BCUT2D eigenvalue weighted by atomic mass is 19.4. The molecule has 0 aliphatic rings. The Bertz CT molecular complexity index is 868. The summed E-state index contributed by atoms with van der Waals surface area (Å²) < 4.78 is 41.0. The van der Waals surface area contributed by atoms with Crippen LogP contribution in [0.25, 0.3) is 0 Å². The molecule has 0 aromatic carbocycles. The van der Waals surface area contributed by atoms with Crippen LogP contribution in [0.4, 0.5) is 13.2 Å². The van der Waals surface area contributed by atoms with Crippen LogP contribution in [-0.2, 0) is 11.2 Å². The van der Waals surface area contributed by atoms with E-state index in [-0.39, 0.29) is 29.7 Å². The molecule has 1 atom stereocenters. The van der Waals surface area contributed by atoms with Gasteiger partial charge in [0.05, 0.1) is 11.6 Å². The normalized spacial score (nSPS) is 12.3. The van der Waals surface area contributed by atoms with Crippen LogP contribution in [0.15, 0.2) is 30.5 Å². The van der Waals surface area contributed by atoms with Crippen molar-refractivity contribution in [1.29, 1.82) is 0 Å². The summed E-state index contributed by atoms with van der Waals surface area (Å²) in [6.07, 6.45) is -2.66. The summed E-state index contributed by atoms with van der Waals surface area (Å²) in [6.45, 7) is 3.93. The second-order valence-corrected chi connectivity index (χ2v) is 6.59. The maximum atomic E-state index is 12.4. The molecule has 0 aliphatic carbocycles. The summed E-state index contributed by atoms with van der Waals surface area (Å²) in [5, 5.41) is 2.80. The molecule has 0 bridgehead atoms. The molecule has 1 amide bonds. The van der Waals surface area contributed by atoms with Crippen LogP contribution in [0.3, 0.4) is 0 Å². The molecule has 1 N–H and O–H groups in total. The first-order chi connectivity index (χ1) is 13.6. The minimum absolute atomic E-state index is 0.0737. The van der Waals surface area contributed by atoms with Gasteiger partial charge in [0, 0.05) is 36.5 Å². The average molecular weight is 409 g/mol. The van der Waals surface area contributed by atoms with E-state index < -0.39 is 18.7 Å². The van der Waals surface area contributed by atoms with E-state index in [1.165, 1.54) is 12.1 Å². The lowest BCUT2D eigenvalue weighted by atomic mass is 10.0. The van der Waals surface area contributed by atoms with Crippen LogP contribution >= 0.6 is 0 Å². The Labute approximate surface area is 166 Å². The van der Waals surface area contributed by atoms with E-state index >= 15 is 0 Å². The van der Waals surface area contributed by atoms with Crippen molar-refractivity contribution in [1.82, 2.24) is 15.3 Å². The number of aromatic nitrogens is 2. The van der Waals surface area contributed by atoms with Crippen LogP contribution < -0.4 is 10.1 Å². The fraction of sp³-hybridized carbons (Fsp3) is 0.400. The topological polar surface area (TPSA) is 81.2 Å². The van der Waals surface area contributed by atoms with Crippen LogP contribution in [0.5, 0.6) is 5.88 Å². The van der Waals surface area contributed by atoms with Gasteiger partial charge >= 0.3 is 6.18 Å². The van der Waals surface area contributed by atoms with Crippen molar-refractivity contribution < 1.29 is 27.5 Å². The molecule has 2 rings (SSSR count). The number of nitrogens with one attached hydrogen (secondary N) is 1. The second kappa shape index (κ2) is 9.49. The van der Waals surface area contributed by atoms with E-state index in [0.29, 0.717) is 12.1 Å². The molecule has 29 heavy (non-hydrogen) atoms. The number of carbonyl (C=O) groups is 2. The first kappa shape index (κ1) is 22.3. The number of rotatable bonds is 8. The number of hydrogen-bond acceptors (Lipinski definition) is 5. The van der Waals surface area contributed by atoms with Crippen molar-refractivity contribution in [2.45, 2.75) is 45.8 Å². The van der Waals surface area contributed by atoms with E-state index in [4.69, 9.17) is 0 Å². The van der Waals surface area contributed by atoms with Crippen LogP contribution in [-0.4, -0.2) is 34.4 Å². The largest absolute Gasteiger partial charge is 0.468 e. The van der Waals surface area contributed by atoms with Crippen molar-refractivity contribution in [2.75, 3.05) is 6.61 Å². The molecule has 9 heteroatoms. The number of Topliss-reactive ketones (excluding diaryl/α,β-unsaturated/α-hetero) is 1. The molecule has 0 saturated heterocycles. The van der Waals surface area contributed by atoms with E-state index in [0.717, 1.165) is 17.5 Å². The predicted octanol–water partition coefficient (Wildman–Crippen LogP) is 3.74. The Hall–Kier alpha value is -2.97. The monoisotopic (exact) mass is 409 g/mol. The number of aryl methyl sites for hydroxylation is 1. The Morgan fingerprint density at radius 1 is 1.24 bits per heavy atom. The van der Waals surface area contributed by atoms with Crippen molar-refractivity contribution in [2.24, 2.45) is 0 Å². The van der Waals surface area contributed by atoms with Gasteiger partial charge in [0.1, 0.15) is 5.78 Å². The van der Waals surface area contributed by atoms with Gasteiger partial charge in [-0.05, 0) is 37.6 Å². The quantitative estimate of drug-likeness (QED) is 0.718. The van der Waals surface area contributed by atoms with Crippen molar-refractivity contribution >= 4 is 11.7 Å². The maximum absolute atomic E-state index is 12.4. The number of ether oxygens (including phenoxy) is 1. The predicted molar refractivity (Wildman–Crippen MR) is 99.6 cm³/mol. The summed E-state index contributed by atoms with van der Waals surface area (Å²) in [7, 11) is 0. The molecule has 156 valence electrons. The lowest BCUT2D eigenvalue weighted by Crippen LogP contribution is -2.27. The number of pyridine rings is 2. The van der Waals surface area contributed by atoms with Gasteiger partial charge < -0.3 is 10.1 Å². The minimum Gasteiger partial charge on any atom is -0.468 e. The standard InChI is InChI=1S/C20H22F3N3O3/c1-4-17(27)9-16-8-15(7-12(2)25-16)13(3)26-19(28)14-5-6-18(24-10-14)29-11-20(21,22)23/h5-8,10,13H,4,9,11H2,1-3H3,(H,26,28). The molecule has 2 aromatic heterocycles. The zero-order valence-corrected chi connectivity index (χ0v) is 16.3. The number of carbonyl (C=O) groups excluding carboxylic acids is 2. The van der Waals surface area contributed by atoms with Gasteiger partial charge in [-0.2, -0.15) is 13.2 Å². The molecule has 1 unspecified atom stereocenters. The number of ketones is 1. The molecular formula is C20H22F3N3O3. The average Bonchev–Trinajstić information content (AvgIpc) is 2.65. The van der Waals surface area contributed by atoms with Crippen molar-refractivity contribution in [3.8, 4) is 5.88 Å². The first-order valence-electron chi connectivity index (χ1n) is 9.03. The number of alkyl halides is 3. The molecule has 0 radical (unpaired) electrons. The van der Waals surface area contributed by atoms with Crippen LogP contribution in [0.2, 0.25) is 0 Å². The highest BCUT2D eigenvalue weighted by Gasteiger charge is 2.28. The van der Waals surface area contributed by atoms with E-state index in [9.17, 15) is 22.8 Å². The van der Waals surface area contributed by atoms with E-state index in [1.54, 1.807) is 19.9 Å². The number of hydrogen-bond donors (Lipinski definition) is 1. The fourth-order valence-electron chi connectivity index (χ4n) is 2.55. The summed E-state index contributed by atoms with van der Waals surface area (Å²) in [5.74, 6) is -0.584. The van der Waals surface area contributed by atoms with Gasteiger partial charge in [-0.15, -0.1) is 0 Å². The summed E-state index contributed by atoms with van der Waals surface area (Å²) >= 11 is 0. The Morgan fingerprint density at radius 2 is 1.97 bits per heavy atom. The smallest absolute Gasteiger partial charge is 0.422 e. The molecule has 2 aromatic rings. The zero-order chi connectivity index (χ0) is 21.6. The number of halogens is 3. The molecule has 2 heterocycles. The van der Waals surface area contributed by atoms with Gasteiger partial charge in [-0.25, -0.2) is 4.98 Å². The minimum atomic E-state index is -4.46. The molecular weight excluding hydrogens is 387 g/mol. The van der Waals surface area contributed by atoms with Gasteiger partial charge in [0.2, 0.25) is 5.88 Å². The number of amides is 1. The Morgan fingerprint density at radius 3 is 2.55 bits per heavy atom. The summed E-state index contributed by atoms with van der Waals surface area (Å²) in [4.78, 5) is 32.2. The van der Waals surface area contributed by atoms with E-state index in [2.05, 4.69) is 20.0 Å². The summed E-state index contributed by atoms with van der Waals surface area (Å²) in [6, 6.07) is 5.76. The summed E-state index contributed by atoms with van der Waals surface area (Å²) in [5.41, 5.74) is 2.35. The number of nitrogens with zero attached hydrogens (tertiary/aromatic N) is 2. The third kappa shape index (κ3) is 7.17. The van der Waals surface area contributed by atoms with Gasteiger partial charge in [-0.1, -0.05) is 6.92 Å². The first-order valence-corrected chi connectivity index (χ1v) is 9.03. The van der Waals surface area contributed by atoms with Gasteiger partial charge in [0.15, 0.2) is 6.61 Å². The third-order valence-electron chi connectivity index (χ3n) is 4.03. The fourth-order valence-corrected chi connectivity index (χ4v) is 2.55. The van der Waals surface area contributed by atoms with Gasteiger partial charge in [-0.3, -0.25) is 14.6 Å². The lowest BCUT2D eigenvalue weighted by Gasteiger charge is -2.16. The highest BCUT2D eigenvalue weighted by molar-refractivity contribution is 5.94.